The summed E-state index contributed by atoms with van der Waals surface area (Å²) in [5.74, 6) is -1.96. The average molecular weight is 366 g/mol. The third-order valence-electron chi connectivity index (χ3n) is 6.58. The van der Waals surface area contributed by atoms with E-state index in [1.54, 1.807) is 0 Å². The fraction of sp³-hybridized carbons (Fsp3) is 0.200. The predicted octanol–water partition coefficient (Wildman–Crippen LogP) is 4.89. The van der Waals surface area contributed by atoms with E-state index in [-0.39, 0.29) is 17.8 Å². The van der Waals surface area contributed by atoms with Crippen LogP contribution in [0.1, 0.15) is 41.0 Å². The van der Waals surface area contributed by atoms with E-state index in [1.165, 1.54) is 21.9 Å². The van der Waals surface area contributed by atoms with Gasteiger partial charge in [0.15, 0.2) is 0 Å². The van der Waals surface area contributed by atoms with Crippen molar-refractivity contribution in [3.63, 3.8) is 0 Å². The molecule has 0 spiro atoms. The highest BCUT2D eigenvalue weighted by atomic mass is 16.6. The Morgan fingerprint density at radius 2 is 1.68 bits per heavy atom. The first-order valence-electron chi connectivity index (χ1n) is 9.70. The van der Waals surface area contributed by atoms with Crippen LogP contribution in [0, 0.1) is 11.8 Å². The summed E-state index contributed by atoms with van der Waals surface area (Å²) in [4.78, 5) is 25.3. The van der Waals surface area contributed by atoms with Crippen molar-refractivity contribution in [2.24, 2.45) is 11.8 Å². The molecular weight excluding hydrogens is 348 g/mol. The molecule has 136 valence electrons. The van der Waals surface area contributed by atoms with Crippen LogP contribution in [0.3, 0.4) is 0 Å². The fourth-order valence-corrected chi connectivity index (χ4v) is 5.39. The number of hydrogen-bond donors (Lipinski definition) is 0. The van der Waals surface area contributed by atoms with Gasteiger partial charge in [0.25, 0.3) is 0 Å². The molecule has 2 aromatic rings. The molecule has 1 fully saturated rings. The second kappa shape index (κ2) is 5.41. The molecule has 0 N–H and O–H groups in total. The van der Waals surface area contributed by atoms with Gasteiger partial charge in [0.05, 0.1) is 11.8 Å². The molecule has 3 nitrogen and oxygen atoms in total. The third-order valence-corrected chi connectivity index (χ3v) is 6.58. The van der Waals surface area contributed by atoms with Crippen molar-refractivity contribution in [1.29, 1.82) is 0 Å². The van der Waals surface area contributed by atoms with Crippen molar-refractivity contribution in [3.05, 3.63) is 82.5 Å². The van der Waals surface area contributed by atoms with Crippen LogP contribution < -0.4 is 0 Å². The van der Waals surface area contributed by atoms with E-state index in [0.717, 1.165) is 16.7 Å². The van der Waals surface area contributed by atoms with Crippen LogP contribution in [0.5, 0.6) is 0 Å². The topological polar surface area (TPSA) is 43.4 Å². The normalized spacial score (nSPS) is 30.2. The summed E-state index contributed by atoms with van der Waals surface area (Å²) in [5, 5.41) is 2.39. The van der Waals surface area contributed by atoms with E-state index >= 15 is 0 Å². The maximum absolute atomic E-state index is 12.7. The Labute approximate surface area is 162 Å². The largest absolute Gasteiger partial charge is 0.393 e. The number of rotatable bonds is 0. The van der Waals surface area contributed by atoms with Gasteiger partial charge >= 0.3 is 11.9 Å². The number of ether oxygens (including phenoxy) is 1. The van der Waals surface area contributed by atoms with Gasteiger partial charge in [-0.2, -0.15) is 0 Å². The number of esters is 2. The van der Waals surface area contributed by atoms with Gasteiger partial charge in [-0.1, -0.05) is 72.4 Å². The van der Waals surface area contributed by atoms with Gasteiger partial charge in [0, 0.05) is 11.8 Å². The van der Waals surface area contributed by atoms with Crippen molar-refractivity contribution in [3.8, 4) is 0 Å². The number of cyclic esters (lactones) is 2. The van der Waals surface area contributed by atoms with Crippen molar-refractivity contribution in [1.82, 2.24) is 0 Å². The zero-order valence-corrected chi connectivity index (χ0v) is 15.4. The molecule has 1 heterocycles. The molecule has 0 saturated carbocycles. The van der Waals surface area contributed by atoms with Crippen molar-refractivity contribution >= 4 is 34.9 Å². The molecule has 6 rings (SSSR count). The quantitative estimate of drug-likeness (QED) is 0.492. The Morgan fingerprint density at radius 3 is 2.54 bits per heavy atom. The molecule has 4 aliphatic rings. The summed E-state index contributed by atoms with van der Waals surface area (Å²) in [6, 6.07) is 8.55. The minimum absolute atomic E-state index is 0.112. The van der Waals surface area contributed by atoms with Gasteiger partial charge in [-0.15, -0.1) is 0 Å². The molecule has 2 bridgehead atoms. The van der Waals surface area contributed by atoms with Crippen LogP contribution in [-0.2, 0) is 14.3 Å². The number of hydrogen-bond acceptors (Lipinski definition) is 3. The van der Waals surface area contributed by atoms with Gasteiger partial charge in [-0.25, -0.2) is 0 Å². The Bertz CT molecular complexity index is 1210. The maximum Gasteiger partial charge on any atom is 0.318 e. The Hall–Kier alpha value is -3.20. The van der Waals surface area contributed by atoms with E-state index in [9.17, 15) is 9.59 Å². The summed E-state index contributed by atoms with van der Waals surface area (Å²) < 4.78 is 5.14. The summed E-state index contributed by atoms with van der Waals surface area (Å²) in [7, 11) is 0. The zero-order chi connectivity index (χ0) is 19.0. The molecule has 28 heavy (non-hydrogen) atoms. The van der Waals surface area contributed by atoms with Gasteiger partial charge < -0.3 is 4.74 Å². The van der Waals surface area contributed by atoms with Crippen molar-refractivity contribution < 1.29 is 14.3 Å². The SMILES string of the molecule is CC1=C/C=C\c2cc3c4c5c(cccc25)C=CC4C2C(=O)OC(=O)C2C3C=C1. The smallest absolute Gasteiger partial charge is 0.318 e. The lowest BCUT2D eigenvalue weighted by Crippen LogP contribution is -2.35. The molecule has 1 aliphatic heterocycles. The maximum atomic E-state index is 12.7. The zero-order valence-electron chi connectivity index (χ0n) is 15.4. The number of benzene rings is 2. The van der Waals surface area contributed by atoms with E-state index in [0.29, 0.717) is 0 Å². The van der Waals surface area contributed by atoms with Gasteiger partial charge in [-0.05, 0) is 39.9 Å². The van der Waals surface area contributed by atoms with E-state index in [1.807, 2.05) is 6.92 Å². The molecular formula is C25H18O3. The van der Waals surface area contributed by atoms with Crippen LogP contribution in [0.4, 0.5) is 0 Å². The van der Waals surface area contributed by atoms with Crippen LogP contribution >= 0.6 is 0 Å². The number of carbonyl (C=O) groups excluding carboxylic acids is 2. The van der Waals surface area contributed by atoms with Crippen LogP contribution in [0.2, 0.25) is 0 Å². The summed E-state index contributed by atoms with van der Waals surface area (Å²) in [5.41, 5.74) is 5.76. The molecule has 3 aliphatic carbocycles. The monoisotopic (exact) mass is 366 g/mol. The fourth-order valence-electron chi connectivity index (χ4n) is 5.39. The lowest BCUT2D eigenvalue weighted by molar-refractivity contribution is -0.153. The molecule has 4 atom stereocenters. The second-order valence-electron chi connectivity index (χ2n) is 8.07. The van der Waals surface area contributed by atoms with Crippen molar-refractivity contribution in [2.75, 3.05) is 0 Å². The lowest BCUT2D eigenvalue weighted by Gasteiger charge is -2.38. The molecule has 0 radical (unpaired) electrons. The van der Waals surface area contributed by atoms with E-state index in [4.69, 9.17) is 4.74 Å². The average Bonchev–Trinajstić information content (AvgIpc) is 2.99. The summed E-state index contributed by atoms with van der Waals surface area (Å²) in [6.07, 6.45) is 14.6. The van der Waals surface area contributed by atoms with Crippen LogP contribution in [-0.4, -0.2) is 11.9 Å². The van der Waals surface area contributed by atoms with Crippen LogP contribution in [0.25, 0.3) is 22.9 Å². The Kier molecular flexibility index (Phi) is 3.06. The first kappa shape index (κ1) is 15.8. The predicted molar refractivity (Wildman–Crippen MR) is 108 cm³/mol. The lowest BCUT2D eigenvalue weighted by atomic mass is 9.61. The van der Waals surface area contributed by atoms with Gasteiger partial charge in [0.1, 0.15) is 0 Å². The highest BCUT2D eigenvalue weighted by Crippen LogP contribution is 2.55. The van der Waals surface area contributed by atoms with Crippen molar-refractivity contribution in [2.45, 2.75) is 18.8 Å². The number of fused-ring (bicyclic) bond motifs is 5. The highest BCUT2D eigenvalue weighted by molar-refractivity contribution is 6.05. The van der Waals surface area contributed by atoms with E-state index in [2.05, 4.69) is 66.8 Å². The first-order valence-corrected chi connectivity index (χ1v) is 9.70. The molecule has 3 heteroatoms. The minimum Gasteiger partial charge on any atom is -0.393 e. The summed E-state index contributed by atoms with van der Waals surface area (Å²) >= 11 is 0. The Morgan fingerprint density at radius 1 is 0.893 bits per heavy atom. The molecule has 4 unspecified atom stereocenters. The van der Waals surface area contributed by atoms with Crippen LogP contribution in [0.15, 0.2) is 60.2 Å². The molecule has 1 saturated heterocycles. The van der Waals surface area contributed by atoms with Gasteiger partial charge in [0.2, 0.25) is 0 Å². The molecule has 0 aromatic heterocycles. The molecule has 0 amide bonds. The third kappa shape index (κ3) is 1.94. The number of allylic oxidation sites excluding steroid dienone is 6. The van der Waals surface area contributed by atoms with E-state index < -0.39 is 17.8 Å². The first-order chi connectivity index (χ1) is 13.6. The van der Waals surface area contributed by atoms with Gasteiger partial charge in [-0.3, -0.25) is 9.59 Å². The molecule has 2 aromatic carbocycles. The number of carbonyl (C=O) groups is 2. The minimum atomic E-state index is -0.460. The highest BCUT2D eigenvalue weighted by Gasteiger charge is 2.55. The summed E-state index contributed by atoms with van der Waals surface area (Å²) in [6.45, 7) is 2.04. The standard InChI is InChI=1S/C25H18O3/c1-13-4-2-6-15-12-19-17(10-8-13)22-23(25(27)28-24(22)26)18-11-9-14-5-3-7-16(15)20(14)21(18)19/h2-12,17-18,22-23H,1H3/b6-2-,10-8?,13-4?. The Balaban J connectivity index is 1.78. The second-order valence-corrected chi connectivity index (χ2v) is 8.07.